The van der Waals surface area contributed by atoms with E-state index >= 15 is 0 Å². The second kappa shape index (κ2) is 3.94. The van der Waals surface area contributed by atoms with Crippen molar-refractivity contribution < 1.29 is 9.47 Å². The average Bonchev–Trinajstić information content (AvgIpc) is 2.67. The molecule has 1 aliphatic rings. The Morgan fingerprint density at radius 2 is 2.14 bits per heavy atom. The number of pyridine rings is 1. The summed E-state index contributed by atoms with van der Waals surface area (Å²) in [5.41, 5.74) is 6.51. The lowest BCUT2D eigenvalue weighted by Gasteiger charge is -2.25. The molecule has 2 N–H and O–H groups in total. The molecule has 0 saturated carbocycles. The standard InChI is InChI=1S/C9H11BrN2O2/c10-8-3-7(4-12-5-8)9(6-11)13-1-2-14-9/h3-5H,1-2,6,11H2. The van der Waals surface area contributed by atoms with Crippen LogP contribution < -0.4 is 5.73 Å². The lowest BCUT2D eigenvalue weighted by Crippen LogP contribution is -2.36. The van der Waals surface area contributed by atoms with E-state index in [1.165, 1.54) is 0 Å². The highest BCUT2D eigenvalue weighted by Gasteiger charge is 2.37. The molecule has 0 unspecified atom stereocenters. The predicted molar refractivity (Wildman–Crippen MR) is 54.6 cm³/mol. The van der Waals surface area contributed by atoms with Crippen molar-refractivity contribution in [2.24, 2.45) is 5.73 Å². The minimum atomic E-state index is -0.795. The van der Waals surface area contributed by atoms with Gasteiger partial charge >= 0.3 is 0 Å². The van der Waals surface area contributed by atoms with Gasteiger partial charge in [0.25, 0.3) is 0 Å². The molecule has 0 atom stereocenters. The van der Waals surface area contributed by atoms with Gasteiger partial charge in [0.15, 0.2) is 0 Å². The van der Waals surface area contributed by atoms with E-state index in [0.29, 0.717) is 19.8 Å². The topological polar surface area (TPSA) is 57.4 Å². The highest BCUT2D eigenvalue weighted by molar-refractivity contribution is 9.10. The molecule has 1 aliphatic heterocycles. The van der Waals surface area contributed by atoms with Gasteiger partial charge in [0, 0.05) is 22.4 Å². The molecule has 0 amide bonds. The number of nitrogens with zero attached hydrogens (tertiary/aromatic N) is 1. The fourth-order valence-electron chi connectivity index (χ4n) is 1.48. The van der Waals surface area contributed by atoms with E-state index in [1.54, 1.807) is 12.4 Å². The Morgan fingerprint density at radius 3 is 2.71 bits per heavy atom. The number of hydrogen-bond donors (Lipinski definition) is 1. The monoisotopic (exact) mass is 258 g/mol. The van der Waals surface area contributed by atoms with E-state index in [1.807, 2.05) is 6.07 Å². The van der Waals surface area contributed by atoms with Crippen molar-refractivity contribution in [2.45, 2.75) is 5.79 Å². The summed E-state index contributed by atoms with van der Waals surface area (Å²) >= 11 is 3.35. The number of halogens is 1. The maximum Gasteiger partial charge on any atom is 0.209 e. The van der Waals surface area contributed by atoms with E-state index in [0.717, 1.165) is 10.0 Å². The number of rotatable bonds is 2. The van der Waals surface area contributed by atoms with Gasteiger partial charge in [-0.2, -0.15) is 0 Å². The molecular weight excluding hydrogens is 248 g/mol. The molecule has 76 valence electrons. The SMILES string of the molecule is NCC1(c2cncc(Br)c2)OCCO1. The lowest BCUT2D eigenvalue weighted by molar-refractivity contribution is -0.157. The smallest absolute Gasteiger partial charge is 0.209 e. The van der Waals surface area contributed by atoms with Crippen LogP contribution in [0.15, 0.2) is 22.9 Å². The molecule has 2 heterocycles. The zero-order valence-electron chi connectivity index (χ0n) is 7.57. The minimum Gasteiger partial charge on any atom is -0.342 e. The van der Waals surface area contributed by atoms with Crippen LogP contribution in [0.3, 0.4) is 0 Å². The fraction of sp³-hybridized carbons (Fsp3) is 0.444. The van der Waals surface area contributed by atoms with Gasteiger partial charge in [-0.05, 0) is 22.0 Å². The van der Waals surface area contributed by atoms with Gasteiger partial charge in [-0.3, -0.25) is 4.98 Å². The predicted octanol–water partition coefficient (Wildman–Crippen LogP) is 1.00. The molecule has 0 radical (unpaired) electrons. The van der Waals surface area contributed by atoms with Crippen molar-refractivity contribution in [3.8, 4) is 0 Å². The summed E-state index contributed by atoms with van der Waals surface area (Å²) in [7, 11) is 0. The molecule has 5 heteroatoms. The van der Waals surface area contributed by atoms with Crippen molar-refractivity contribution >= 4 is 15.9 Å². The lowest BCUT2D eigenvalue weighted by atomic mass is 10.1. The summed E-state index contributed by atoms with van der Waals surface area (Å²) < 4.78 is 11.9. The van der Waals surface area contributed by atoms with Crippen LogP contribution >= 0.6 is 15.9 Å². The maximum absolute atomic E-state index is 5.66. The first-order chi connectivity index (χ1) is 6.77. The maximum atomic E-state index is 5.66. The summed E-state index contributed by atoms with van der Waals surface area (Å²) in [4.78, 5) is 4.06. The van der Waals surface area contributed by atoms with Crippen molar-refractivity contribution in [1.82, 2.24) is 4.98 Å². The van der Waals surface area contributed by atoms with Gasteiger partial charge in [-0.15, -0.1) is 0 Å². The molecular formula is C9H11BrN2O2. The van der Waals surface area contributed by atoms with Crippen LogP contribution in [0.25, 0.3) is 0 Å². The van der Waals surface area contributed by atoms with Crippen molar-refractivity contribution in [2.75, 3.05) is 19.8 Å². The molecule has 1 aromatic rings. The number of aromatic nitrogens is 1. The molecule has 0 aliphatic carbocycles. The van der Waals surface area contributed by atoms with Gasteiger partial charge in [0.05, 0.1) is 19.8 Å². The van der Waals surface area contributed by atoms with Gasteiger partial charge in [0.1, 0.15) is 0 Å². The number of nitrogens with two attached hydrogens (primary N) is 1. The summed E-state index contributed by atoms with van der Waals surface area (Å²) in [5, 5.41) is 0. The van der Waals surface area contributed by atoms with Gasteiger partial charge in [-0.1, -0.05) is 0 Å². The van der Waals surface area contributed by atoms with Crippen LogP contribution in [0.4, 0.5) is 0 Å². The Morgan fingerprint density at radius 1 is 1.43 bits per heavy atom. The third kappa shape index (κ3) is 1.68. The largest absolute Gasteiger partial charge is 0.342 e. The van der Waals surface area contributed by atoms with Crippen LogP contribution in [0.2, 0.25) is 0 Å². The Hall–Kier alpha value is -0.490. The molecule has 0 bridgehead atoms. The summed E-state index contributed by atoms with van der Waals surface area (Å²) in [6.45, 7) is 1.44. The van der Waals surface area contributed by atoms with E-state index in [4.69, 9.17) is 15.2 Å². The molecule has 0 aromatic carbocycles. The third-order valence-corrected chi connectivity index (χ3v) is 2.60. The third-order valence-electron chi connectivity index (χ3n) is 2.17. The molecule has 4 nitrogen and oxygen atoms in total. The van der Waals surface area contributed by atoms with E-state index in [9.17, 15) is 0 Å². The average molecular weight is 259 g/mol. The molecule has 2 rings (SSSR count). The van der Waals surface area contributed by atoms with Gasteiger partial charge in [-0.25, -0.2) is 0 Å². The normalized spacial score (nSPS) is 19.9. The zero-order chi connectivity index (χ0) is 10.0. The van der Waals surface area contributed by atoms with E-state index < -0.39 is 5.79 Å². The Kier molecular flexibility index (Phi) is 2.83. The van der Waals surface area contributed by atoms with Crippen molar-refractivity contribution in [1.29, 1.82) is 0 Å². The highest BCUT2D eigenvalue weighted by atomic mass is 79.9. The van der Waals surface area contributed by atoms with Crippen molar-refractivity contribution in [3.63, 3.8) is 0 Å². The molecule has 1 aromatic heterocycles. The first kappa shape index (κ1) is 10.0. The summed E-state index contributed by atoms with van der Waals surface area (Å²) in [5.74, 6) is -0.795. The van der Waals surface area contributed by atoms with Crippen LogP contribution in [-0.2, 0) is 15.3 Å². The molecule has 0 spiro atoms. The summed E-state index contributed by atoms with van der Waals surface area (Å²) in [6, 6.07) is 1.91. The first-order valence-electron chi connectivity index (χ1n) is 4.36. The number of ether oxygens (including phenoxy) is 2. The second-order valence-corrected chi connectivity index (χ2v) is 3.96. The van der Waals surface area contributed by atoms with E-state index in [-0.39, 0.29) is 0 Å². The second-order valence-electron chi connectivity index (χ2n) is 3.05. The van der Waals surface area contributed by atoms with Crippen LogP contribution in [0.5, 0.6) is 0 Å². The highest BCUT2D eigenvalue weighted by Crippen LogP contribution is 2.30. The van der Waals surface area contributed by atoms with Crippen LogP contribution in [0.1, 0.15) is 5.56 Å². The molecule has 1 fully saturated rings. The quantitative estimate of drug-likeness (QED) is 0.860. The van der Waals surface area contributed by atoms with Crippen LogP contribution in [-0.4, -0.2) is 24.7 Å². The van der Waals surface area contributed by atoms with Crippen molar-refractivity contribution in [3.05, 3.63) is 28.5 Å². The fourth-order valence-corrected chi connectivity index (χ4v) is 1.84. The summed E-state index contributed by atoms with van der Waals surface area (Å²) in [6.07, 6.45) is 3.42. The first-order valence-corrected chi connectivity index (χ1v) is 5.15. The van der Waals surface area contributed by atoms with Gasteiger partial charge < -0.3 is 15.2 Å². The van der Waals surface area contributed by atoms with E-state index in [2.05, 4.69) is 20.9 Å². The van der Waals surface area contributed by atoms with Gasteiger partial charge in [0.2, 0.25) is 5.79 Å². The Labute approximate surface area is 90.5 Å². The number of hydrogen-bond acceptors (Lipinski definition) is 4. The Bertz CT molecular complexity index is 326. The Balaban J connectivity index is 2.35. The minimum absolute atomic E-state index is 0.297. The molecule has 14 heavy (non-hydrogen) atoms. The zero-order valence-corrected chi connectivity index (χ0v) is 9.16. The molecule has 1 saturated heterocycles. The van der Waals surface area contributed by atoms with Crippen LogP contribution in [0, 0.1) is 0 Å².